The topological polar surface area (TPSA) is 89.6 Å². The van der Waals surface area contributed by atoms with E-state index in [2.05, 4.69) is 14.9 Å². The van der Waals surface area contributed by atoms with Gasteiger partial charge in [-0.3, -0.25) is 14.7 Å². The quantitative estimate of drug-likeness (QED) is 0.636. The maximum Gasteiger partial charge on any atom is 0.251 e. The second-order valence-electron chi connectivity index (χ2n) is 8.06. The summed E-state index contributed by atoms with van der Waals surface area (Å²) in [5, 5.41) is 0. The lowest BCUT2D eigenvalue weighted by atomic mass is 9.93. The average Bonchev–Trinajstić information content (AvgIpc) is 3.27. The summed E-state index contributed by atoms with van der Waals surface area (Å²) >= 11 is 0. The first kappa shape index (κ1) is 20.5. The molecule has 0 atom stereocenters. The minimum atomic E-state index is -0.127. The van der Waals surface area contributed by atoms with Crippen LogP contribution in [0.5, 0.6) is 17.2 Å². The Kier molecular flexibility index (Phi) is 5.77. The lowest BCUT2D eigenvalue weighted by Crippen LogP contribution is -2.33. The number of fused-ring (bicyclic) bond motifs is 1. The van der Waals surface area contributed by atoms with Gasteiger partial charge in [0, 0.05) is 48.1 Å². The molecule has 0 radical (unpaired) electrons. The maximum absolute atomic E-state index is 12.3. The third-order valence-corrected chi connectivity index (χ3v) is 5.95. The van der Waals surface area contributed by atoms with E-state index in [0.717, 1.165) is 66.5 Å². The van der Waals surface area contributed by atoms with Crippen molar-refractivity contribution in [1.82, 2.24) is 19.9 Å². The molecule has 1 aromatic carbocycles. The number of hydrogen-bond acceptors (Lipinski definition) is 7. The molecule has 0 spiro atoms. The van der Waals surface area contributed by atoms with Crippen LogP contribution in [0.1, 0.15) is 36.9 Å². The molecule has 2 aliphatic heterocycles. The Labute approximate surface area is 186 Å². The van der Waals surface area contributed by atoms with Crippen LogP contribution in [0.4, 0.5) is 0 Å². The third-order valence-electron chi connectivity index (χ3n) is 5.95. The molecule has 8 heteroatoms. The van der Waals surface area contributed by atoms with Crippen LogP contribution in [0.2, 0.25) is 0 Å². The van der Waals surface area contributed by atoms with Crippen LogP contribution in [-0.2, 0) is 6.54 Å². The average molecular weight is 434 g/mol. The summed E-state index contributed by atoms with van der Waals surface area (Å²) in [6, 6.07) is 9.32. The minimum absolute atomic E-state index is 0.127. The Morgan fingerprint density at radius 1 is 1.19 bits per heavy atom. The largest absolute Gasteiger partial charge is 0.493 e. The van der Waals surface area contributed by atoms with Crippen LogP contribution in [0.15, 0.2) is 47.5 Å². The van der Waals surface area contributed by atoms with E-state index in [1.807, 2.05) is 31.2 Å². The fourth-order valence-corrected chi connectivity index (χ4v) is 4.33. The molecule has 0 amide bonds. The fraction of sp³-hybridized carbons (Fsp3) is 0.375. The molecule has 1 N–H and O–H groups in total. The first-order valence-electron chi connectivity index (χ1n) is 11.0. The zero-order chi connectivity index (χ0) is 21.9. The smallest absolute Gasteiger partial charge is 0.251 e. The van der Waals surface area contributed by atoms with E-state index in [1.54, 1.807) is 18.5 Å². The van der Waals surface area contributed by atoms with Crippen molar-refractivity contribution in [2.24, 2.45) is 0 Å². The minimum Gasteiger partial charge on any atom is -0.493 e. The Bertz CT molecular complexity index is 1140. The molecule has 0 aliphatic carbocycles. The molecule has 0 unspecified atom stereocenters. The molecule has 166 valence electrons. The standard InChI is InChI=1S/C24H26N4O4/c1-2-30-20-12-22-21(31-15-32-22)10-18(20)14-28-8-5-16(6-9-28)19-11-23(29)27-24(26-19)17-4-3-7-25-13-17/h3-4,7,10-13,16H,2,5-6,8-9,14-15H2,1H3,(H,26,27,29). The molecule has 0 saturated carbocycles. The van der Waals surface area contributed by atoms with Crippen molar-refractivity contribution >= 4 is 0 Å². The van der Waals surface area contributed by atoms with Gasteiger partial charge in [-0.25, -0.2) is 4.98 Å². The van der Waals surface area contributed by atoms with Crippen molar-refractivity contribution in [1.29, 1.82) is 0 Å². The van der Waals surface area contributed by atoms with Gasteiger partial charge in [0.2, 0.25) is 6.79 Å². The van der Waals surface area contributed by atoms with E-state index in [1.165, 1.54) is 0 Å². The highest BCUT2D eigenvalue weighted by molar-refractivity contribution is 5.53. The number of hydrogen-bond donors (Lipinski definition) is 1. The van der Waals surface area contributed by atoms with Crippen molar-refractivity contribution in [3.63, 3.8) is 0 Å². The molecule has 0 bridgehead atoms. The summed E-state index contributed by atoms with van der Waals surface area (Å²) in [4.78, 5) is 26.4. The molecular weight excluding hydrogens is 408 g/mol. The molecule has 2 aliphatic rings. The number of benzene rings is 1. The van der Waals surface area contributed by atoms with Gasteiger partial charge in [-0.05, 0) is 51.1 Å². The molecule has 8 nitrogen and oxygen atoms in total. The number of pyridine rings is 1. The number of aromatic amines is 1. The van der Waals surface area contributed by atoms with Gasteiger partial charge in [-0.15, -0.1) is 0 Å². The van der Waals surface area contributed by atoms with E-state index in [9.17, 15) is 4.79 Å². The number of H-pyrrole nitrogens is 1. The number of nitrogens with zero attached hydrogens (tertiary/aromatic N) is 3. The van der Waals surface area contributed by atoms with Crippen molar-refractivity contribution in [2.45, 2.75) is 32.2 Å². The van der Waals surface area contributed by atoms with E-state index < -0.39 is 0 Å². The number of ether oxygens (including phenoxy) is 3. The molecule has 1 fully saturated rings. The van der Waals surface area contributed by atoms with Gasteiger partial charge >= 0.3 is 0 Å². The molecule has 32 heavy (non-hydrogen) atoms. The van der Waals surface area contributed by atoms with E-state index in [-0.39, 0.29) is 18.3 Å². The zero-order valence-corrected chi connectivity index (χ0v) is 18.0. The van der Waals surface area contributed by atoms with Crippen LogP contribution >= 0.6 is 0 Å². The predicted molar refractivity (Wildman–Crippen MR) is 119 cm³/mol. The highest BCUT2D eigenvalue weighted by atomic mass is 16.7. The molecule has 1 saturated heterocycles. The number of nitrogens with one attached hydrogen (secondary N) is 1. The lowest BCUT2D eigenvalue weighted by Gasteiger charge is -2.32. The monoisotopic (exact) mass is 434 g/mol. The highest BCUT2D eigenvalue weighted by Crippen LogP contribution is 2.39. The van der Waals surface area contributed by atoms with Crippen LogP contribution in [0.25, 0.3) is 11.4 Å². The fourth-order valence-electron chi connectivity index (χ4n) is 4.33. The Balaban J connectivity index is 1.28. The summed E-state index contributed by atoms with van der Waals surface area (Å²) in [7, 11) is 0. The number of rotatable bonds is 6. The SMILES string of the molecule is CCOc1cc2c(cc1CN1CCC(c3cc(=O)[nH]c(-c4cccnc4)n3)CC1)OCO2. The van der Waals surface area contributed by atoms with Crippen molar-refractivity contribution in [2.75, 3.05) is 26.5 Å². The molecule has 4 heterocycles. The van der Waals surface area contributed by atoms with E-state index in [0.29, 0.717) is 12.4 Å². The Morgan fingerprint density at radius 3 is 2.75 bits per heavy atom. The molecular formula is C24H26N4O4. The van der Waals surface area contributed by atoms with Gasteiger partial charge in [-0.1, -0.05) is 0 Å². The van der Waals surface area contributed by atoms with Gasteiger partial charge in [0.25, 0.3) is 5.56 Å². The maximum atomic E-state index is 12.3. The molecule has 2 aromatic heterocycles. The third kappa shape index (κ3) is 4.31. The van der Waals surface area contributed by atoms with Crippen LogP contribution in [0.3, 0.4) is 0 Å². The summed E-state index contributed by atoms with van der Waals surface area (Å²) in [5.41, 5.74) is 2.64. The first-order chi connectivity index (χ1) is 15.7. The van der Waals surface area contributed by atoms with Crippen molar-refractivity contribution in [3.05, 3.63) is 64.3 Å². The van der Waals surface area contributed by atoms with Gasteiger partial charge < -0.3 is 19.2 Å². The van der Waals surface area contributed by atoms with Gasteiger partial charge in [-0.2, -0.15) is 0 Å². The number of piperidine rings is 1. The summed E-state index contributed by atoms with van der Waals surface area (Å²) < 4.78 is 16.9. The van der Waals surface area contributed by atoms with E-state index >= 15 is 0 Å². The second kappa shape index (κ2) is 9.00. The number of likely N-dealkylation sites (tertiary alicyclic amines) is 1. The Morgan fingerprint density at radius 2 is 2.00 bits per heavy atom. The summed E-state index contributed by atoms with van der Waals surface area (Å²) in [5.74, 6) is 3.18. The molecule has 3 aromatic rings. The van der Waals surface area contributed by atoms with E-state index in [4.69, 9.17) is 19.2 Å². The van der Waals surface area contributed by atoms with Gasteiger partial charge in [0.15, 0.2) is 11.5 Å². The van der Waals surface area contributed by atoms with Gasteiger partial charge in [0.1, 0.15) is 11.6 Å². The second-order valence-corrected chi connectivity index (χ2v) is 8.06. The molecule has 5 rings (SSSR count). The normalized spacial score (nSPS) is 16.3. The zero-order valence-electron chi connectivity index (χ0n) is 18.0. The van der Waals surface area contributed by atoms with Crippen LogP contribution in [0, 0.1) is 0 Å². The van der Waals surface area contributed by atoms with Crippen LogP contribution < -0.4 is 19.8 Å². The van der Waals surface area contributed by atoms with Crippen molar-refractivity contribution < 1.29 is 14.2 Å². The Hall–Kier alpha value is -3.39. The summed E-state index contributed by atoms with van der Waals surface area (Å²) in [6.45, 7) is 5.45. The first-order valence-corrected chi connectivity index (χ1v) is 11.0. The highest BCUT2D eigenvalue weighted by Gasteiger charge is 2.25. The van der Waals surface area contributed by atoms with Crippen molar-refractivity contribution in [3.8, 4) is 28.6 Å². The lowest BCUT2D eigenvalue weighted by molar-refractivity contribution is 0.173. The van der Waals surface area contributed by atoms with Gasteiger partial charge in [0.05, 0.1) is 12.3 Å². The van der Waals surface area contributed by atoms with Crippen LogP contribution in [-0.4, -0.2) is 46.3 Å². The predicted octanol–water partition coefficient (Wildman–Crippen LogP) is 3.34. The number of aromatic nitrogens is 3. The summed E-state index contributed by atoms with van der Waals surface area (Å²) in [6.07, 6.45) is 5.30.